The molecule has 0 amide bonds. The van der Waals surface area contributed by atoms with Gasteiger partial charge >= 0.3 is 0 Å². The van der Waals surface area contributed by atoms with Gasteiger partial charge in [0.25, 0.3) is 0 Å². The van der Waals surface area contributed by atoms with Crippen LogP contribution in [-0.2, 0) is 0 Å². The first kappa shape index (κ1) is 18.2. The number of amidine groups is 1. The lowest BCUT2D eigenvalue weighted by atomic mass is 10.1. The van der Waals surface area contributed by atoms with Crippen molar-refractivity contribution in [1.29, 1.82) is 0 Å². The fourth-order valence-corrected chi connectivity index (χ4v) is 3.60. The van der Waals surface area contributed by atoms with E-state index in [1.807, 2.05) is 0 Å². The van der Waals surface area contributed by atoms with Crippen LogP contribution in [0.15, 0.2) is 4.99 Å². The smallest absolute Gasteiger partial charge is 0.120 e. The minimum Gasteiger partial charge on any atom is -0.355 e. The maximum Gasteiger partial charge on any atom is 0.120 e. The zero-order valence-electron chi connectivity index (χ0n) is 13.7. The molecule has 1 heterocycles. The number of aliphatic imine (C=N–C) groups is 1. The predicted molar refractivity (Wildman–Crippen MR) is 98.9 cm³/mol. The molecular formula is C17H33IN2. The molecule has 0 fully saturated rings. The molecule has 1 atom stereocenters. The van der Waals surface area contributed by atoms with Crippen LogP contribution >= 0.6 is 22.6 Å². The zero-order valence-corrected chi connectivity index (χ0v) is 15.9. The second-order valence-corrected chi connectivity index (χ2v) is 7.74. The van der Waals surface area contributed by atoms with Gasteiger partial charge < -0.3 is 4.90 Å². The molecule has 3 heteroatoms. The lowest BCUT2D eigenvalue weighted by molar-refractivity contribution is 0.370. The van der Waals surface area contributed by atoms with Gasteiger partial charge in [0.1, 0.15) is 9.88 Å². The van der Waals surface area contributed by atoms with E-state index in [0.29, 0.717) is 10.1 Å². The largest absolute Gasteiger partial charge is 0.355 e. The van der Waals surface area contributed by atoms with Gasteiger partial charge in [0.15, 0.2) is 0 Å². The highest BCUT2D eigenvalue weighted by Crippen LogP contribution is 2.21. The molecule has 118 valence electrons. The number of rotatable bonds is 11. The molecule has 0 aromatic carbocycles. The average Bonchev–Trinajstić information content (AvgIpc) is 2.78. The summed E-state index contributed by atoms with van der Waals surface area (Å²) in [5, 5.41) is 0. The number of hydrogen-bond acceptors (Lipinski definition) is 2. The second-order valence-electron chi connectivity index (χ2n) is 6.30. The molecule has 20 heavy (non-hydrogen) atoms. The van der Waals surface area contributed by atoms with Crippen molar-refractivity contribution in [3.05, 3.63) is 0 Å². The Balaban J connectivity index is 2.02. The topological polar surface area (TPSA) is 15.6 Å². The van der Waals surface area contributed by atoms with Gasteiger partial charge in [-0.2, -0.15) is 0 Å². The second kappa shape index (κ2) is 10.9. The number of halogens is 1. The van der Waals surface area contributed by atoms with E-state index >= 15 is 0 Å². The van der Waals surface area contributed by atoms with Crippen LogP contribution in [0, 0.1) is 0 Å². The highest BCUT2D eigenvalue weighted by atomic mass is 127. The van der Waals surface area contributed by atoms with Crippen molar-refractivity contribution in [3.8, 4) is 0 Å². The highest BCUT2D eigenvalue weighted by Gasteiger charge is 2.24. The predicted octanol–water partition coefficient (Wildman–Crippen LogP) is 5.79. The minimum absolute atomic E-state index is 0.476. The van der Waals surface area contributed by atoms with Crippen LogP contribution < -0.4 is 0 Å². The molecular weight excluding hydrogens is 359 g/mol. The van der Waals surface area contributed by atoms with E-state index < -0.39 is 0 Å². The van der Waals surface area contributed by atoms with Crippen LogP contribution in [0.3, 0.4) is 0 Å². The van der Waals surface area contributed by atoms with Gasteiger partial charge in [0, 0.05) is 12.5 Å². The average molecular weight is 392 g/mol. The molecule has 1 unspecified atom stereocenters. The summed E-state index contributed by atoms with van der Waals surface area (Å²) in [5.74, 6) is 1.36. The fourth-order valence-electron chi connectivity index (χ4n) is 2.86. The number of hydrogen-bond donors (Lipinski definition) is 0. The molecule has 1 aliphatic heterocycles. The van der Waals surface area contributed by atoms with Gasteiger partial charge in [0.05, 0.1) is 6.54 Å². The third-order valence-electron chi connectivity index (χ3n) is 4.10. The summed E-state index contributed by atoms with van der Waals surface area (Å²) in [6.07, 6.45) is 13.8. The summed E-state index contributed by atoms with van der Waals surface area (Å²) in [4.78, 5) is 7.28. The molecule has 0 saturated heterocycles. The molecule has 0 aromatic rings. The number of alkyl halides is 1. The third-order valence-corrected chi connectivity index (χ3v) is 4.77. The summed E-state index contributed by atoms with van der Waals surface area (Å²) >= 11 is 2.46. The molecule has 0 saturated carbocycles. The molecule has 0 spiro atoms. The molecule has 0 bridgehead atoms. The summed E-state index contributed by atoms with van der Waals surface area (Å²) in [5.41, 5.74) is 0. The first-order valence-electron chi connectivity index (χ1n) is 8.62. The SMILES string of the molecule is CCCCCCCCCCCC1=NC(I)CN1C(C)C. The zero-order chi connectivity index (χ0) is 14.8. The summed E-state index contributed by atoms with van der Waals surface area (Å²) in [6.45, 7) is 7.96. The van der Waals surface area contributed by atoms with E-state index in [1.165, 1.54) is 70.0 Å². The molecule has 1 rings (SSSR count). The Morgan fingerprint density at radius 2 is 1.60 bits per heavy atom. The fraction of sp³-hybridized carbons (Fsp3) is 0.941. The van der Waals surface area contributed by atoms with Crippen LogP contribution in [0.25, 0.3) is 0 Å². The van der Waals surface area contributed by atoms with Crippen molar-refractivity contribution in [2.75, 3.05) is 6.54 Å². The normalized spacial score (nSPS) is 18.9. The van der Waals surface area contributed by atoms with Crippen molar-refractivity contribution in [2.45, 2.75) is 95.1 Å². The Morgan fingerprint density at radius 3 is 2.15 bits per heavy atom. The summed E-state index contributed by atoms with van der Waals surface area (Å²) in [6, 6.07) is 0.604. The van der Waals surface area contributed by atoms with Crippen LogP contribution in [-0.4, -0.2) is 27.4 Å². The van der Waals surface area contributed by atoms with E-state index in [4.69, 9.17) is 4.99 Å². The van der Waals surface area contributed by atoms with Crippen molar-refractivity contribution >= 4 is 28.4 Å². The standard InChI is InChI=1S/C17H33IN2/c1-4-5-6-7-8-9-10-11-12-13-17-19-16(18)14-20(17)15(2)3/h15-16H,4-14H2,1-3H3. The number of nitrogens with zero attached hydrogens (tertiary/aromatic N) is 2. The molecule has 0 aliphatic carbocycles. The van der Waals surface area contributed by atoms with E-state index in [2.05, 4.69) is 48.3 Å². The first-order valence-corrected chi connectivity index (χ1v) is 9.87. The molecule has 0 N–H and O–H groups in total. The van der Waals surface area contributed by atoms with Gasteiger partial charge in [-0.15, -0.1) is 0 Å². The quantitative estimate of drug-likeness (QED) is 0.188. The van der Waals surface area contributed by atoms with Gasteiger partial charge in [-0.1, -0.05) is 80.9 Å². The molecule has 2 nitrogen and oxygen atoms in total. The van der Waals surface area contributed by atoms with Gasteiger partial charge in [-0.05, 0) is 20.3 Å². The van der Waals surface area contributed by atoms with Crippen LogP contribution in [0.5, 0.6) is 0 Å². The lowest BCUT2D eigenvalue weighted by Crippen LogP contribution is -2.34. The van der Waals surface area contributed by atoms with Gasteiger partial charge in [-0.25, -0.2) is 0 Å². The van der Waals surface area contributed by atoms with Crippen LogP contribution in [0.4, 0.5) is 0 Å². The van der Waals surface area contributed by atoms with E-state index in [-0.39, 0.29) is 0 Å². The third kappa shape index (κ3) is 7.28. The van der Waals surface area contributed by atoms with E-state index in [1.54, 1.807) is 0 Å². The van der Waals surface area contributed by atoms with Crippen LogP contribution in [0.2, 0.25) is 0 Å². The number of unbranched alkanes of at least 4 members (excludes halogenated alkanes) is 8. The van der Waals surface area contributed by atoms with Crippen molar-refractivity contribution < 1.29 is 0 Å². The van der Waals surface area contributed by atoms with Crippen molar-refractivity contribution in [1.82, 2.24) is 4.90 Å². The summed E-state index contributed by atoms with van der Waals surface area (Å²) in [7, 11) is 0. The van der Waals surface area contributed by atoms with Gasteiger partial charge in [0.2, 0.25) is 0 Å². The van der Waals surface area contributed by atoms with E-state index in [0.717, 1.165) is 6.54 Å². The Bertz CT molecular complexity index is 276. The molecule has 0 radical (unpaired) electrons. The first-order chi connectivity index (χ1) is 9.65. The monoisotopic (exact) mass is 392 g/mol. The Hall–Kier alpha value is 0.200. The summed E-state index contributed by atoms with van der Waals surface area (Å²) < 4.78 is 0.476. The maximum absolute atomic E-state index is 4.79. The van der Waals surface area contributed by atoms with Gasteiger partial charge in [-0.3, -0.25) is 4.99 Å². The lowest BCUT2D eigenvalue weighted by Gasteiger charge is -2.24. The van der Waals surface area contributed by atoms with Crippen molar-refractivity contribution in [2.24, 2.45) is 4.99 Å². The van der Waals surface area contributed by atoms with E-state index in [9.17, 15) is 0 Å². The Labute approximate surface area is 139 Å². The maximum atomic E-state index is 4.79. The highest BCUT2D eigenvalue weighted by molar-refractivity contribution is 14.1. The Morgan fingerprint density at radius 1 is 1.05 bits per heavy atom. The molecule has 1 aliphatic rings. The van der Waals surface area contributed by atoms with Crippen molar-refractivity contribution in [3.63, 3.8) is 0 Å². The van der Waals surface area contributed by atoms with Crippen LogP contribution in [0.1, 0.15) is 85.0 Å². The molecule has 0 aromatic heterocycles. The minimum atomic E-state index is 0.476. The Kier molecular flexibility index (Phi) is 9.91.